The standard InChI is InChI=1S/C22H22N2O3S/c1-15-8-9-16(2)18(12-15)14-20(25)23-10-11-24-21(26)19(28-22(24)27)13-17-6-4-3-5-7-17/h3-9,12-13H,10-11,14H2,1-2H3,(H,23,25). The van der Waals surface area contributed by atoms with Gasteiger partial charge in [0.15, 0.2) is 0 Å². The van der Waals surface area contributed by atoms with E-state index in [1.165, 1.54) is 4.90 Å². The van der Waals surface area contributed by atoms with Crippen molar-refractivity contribution in [3.63, 3.8) is 0 Å². The Morgan fingerprint density at radius 3 is 2.61 bits per heavy atom. The molecule has 3 rings (SSSR count). The molecule has 0 spiro atoms. The van der Waals surface area contributed by atoms with E-state index in [1.54, 1.807) is 6.08 Å². The van der Waals surface area contributed by atoms with Crippen LogP contribution in [0.15, 0.2) is 53.4 Å². The van der Waals surface area contributed by atoms with E-state index in [0.29, 0.717) is 4.91 Å². The molecule has 1 N–H and O–H groups in total. The molecule has 1 saturated heterocycles. The zero-order chi connectivity index (χ0) is 20.1. The molecule has 0 atom stereocenters. The quantitative estimate of drug-likeness (QED) is 0.759. The lowest BCUT2D eigenvalue weighted by molar-refractivity contribution is -0.124. The van der Waals surface area contributed by atoms with Crippen LogP contribution in [0.1, 0.15) is 22.3 Å². The second-order valence-electron chi connectivity index (χ2n) is 6.70. The predicted molar refractivity (Wildman–Crippen MR) is 112 cm³/mol. The summed E-state index contributed by atoms with van der Waals surface area (Å²) in [5, 5.41) is 2.49. The van der Waals surface area contributed by atoms with Gasteiger partial charge in [-0.3, -0.25) is 19.3 Å². The van der Waals surface area contributed by atoms with Gasteiger partial charge in [0.1, 0.15) is 0 Å². The molecule has 0 unspecified atom stereocenters. The van der Waals surface area contributed by atoms with E-state index in [2.05, 4.69) is 5.32 Å². The number of hydrogen-bond donors (Lipinski definition) is 1. The molecular weight excluding hydrogens is 372 g/mol. The molecule has 0 radical (unpaired) electrons. The van der Waals surface area contributed by atoms with E-state index in [1.807, 2.05) is 62.4 Å². The average Bonchev–Trinajstić information content (AvgIpc) is 2.93. The summed E-state index contributed by atoms with van der Waals surface area (Å²) in [6.07, 6.45) is 1.99. The first kappa shape index (κ1) is 19.9. The molecule has 0 saturated carbocycles. The highest BCUT2D eigenvalue weighted by atomic mass is 32.2. The van der Waals surface area contributed by atoms with Gasteiger partial charge in [-0.2, -0.15) is 0 Å². The predicted octanol–water partition coefficient (Wildman–Crippen LogP) is 3.70. The first-order valence-electron chi connectivity index (χ1n) is 9.07. The van der Waals surface area contributed by atoms with Crippen molar-refractivity contribution in [3.05, 3.63) is 75.7 Å². The van der Waals surface area contributed by atoms with Gasteiger partial charge >= 0.3 is 0 Å². The van der Waals surface area contributed by atoms with Crippen LogP contribution in [-0.2, 0) is 16.0 Å². The van der Waals surface area contributed by atoms with E-state index in [-0.39, 0.29) is 36.6 Å². The molecule has 0 aromatic heterocycles. The van der Waals surface area contributed by atoms with Crippen molar-refractivity contribution in [2.45, 2.75) is 20.3 Å². The Bertz CT molecular complexity index is 938. The van der Waals surface area contributed by atoms with Gasteiger partial charge < -0.3 is 5.32 Å². The number of rotatable bonds is 6. The molecule has 1 aliphatic rings. The van der Waals surface area contributed by atoms with Crippen molar-refractivity contribution in [1.29, 1.82) is 0 Å². The van der Waals surface area contributed by atoms with Crippen molar-refractivity contribution in [2.75, 3.05) is 13.1 Å². The maximum absolute atomic E-state index is 12.5. The van der Waals surface area contributed by atoms with Crippen molar-refractivity contribution in [1.82, 2.24) is 10.2 Å². The maximum atomic E-state index is 12.5. The summed E-state index contributed by atoms with van der Waals surface area (Å²) in [4.78, 5) is 38.4. The smallest absolute Gasteiger partial charge is 0.293 e. The Hall–Kier alpha value is -2.86. The number of carbonyl (C=O) groups excluding carboxylic acids is 3. The minimum atomic E-state index is -0.317. The Balaban J connectivity index is 1.54. The molecule has 1 aliphatic heterocycles. The SMILES string of the molecule is Cc1ccc(C)c(CC(=O)NCCN2C(=O)SC(=Cc3ccccc3)C2=O)c1. The van der Waals surface area contributed by atoms with Crippen molar-refractivity contribution in [2.24, 2.45) is 0 Å². The summed E-state index contributed by atoms with van der Waals surface area (Å²) in [5.41, 5.74) is 4.03. The Kier molecular flexibility index (Phi) is 6.31. The van der Waals surface area contributed by atoms with Crippen molar-refractivity contribution in [3.8, 4) is 0 Å². The average molecular weight is 394 g/mol. The largest absolute Gasteiger partial charge is 0.354 e. The molecule has 1 heterocycles. The van der Waals surface area contributed by atoms with Crippen LogP contribution in [0.4, 0.5) is 4.79 Å². The van der Waals surface area contributed by atoms with Gasteiger partial charge in [-0.15, -0.1) is 0 Å². The van der Waals surface area contributed by atoms with Crippen LogP contribution in [-0.4, -0.2) is 35.0 Å². The van der Waals surface area contributed by atoms with Gasteiger partial charge in [-0.1, -0.05) is 54.1 Å². The molecule has 6 heteroatoms. The second kappa shape index (κ2) is 8.89. The lowest BCUT2D eigenvalue weighted by Crippen LogP contribution is -2.37. The summed E-state index contributed by atoms with van der Waals surface area (Å²) in [5.74, 6) is -0.442. The molecule has 1 fully saturated rings. The van der Waals surface area contributed by atoms with Gasteiger partial charge in [-0.05, 0) is 48.4 Å². The van der Waals surface area contributed by atoms with Crippen LogP contribution in [0.3, 0.4) is 0 Å². The van der Waals surface area contributed by atoms with Gasteiger partial charge in [0.25, 0.3) is 11.1 Å². The first-order valence-corrected chi connectivity index (χ1v) is 9.89. The normalized spacial score (nSPS) is 15.4. The van der Waals surface area contributed by atoms with E-state index < -0.39 is 0 Å². The number of nitrogens with zero attached hydrogens (tertiary/aromatic N) is 1. The Morgan fingerprint density at radius 2 is 1.86 bits per heavy atom. The van der Waals surface area contributed by atoms with Crippen molar-refractivity contribution >= 4 is 34.9 Å². The third-order valence-corrected chi connectivity index (χ3v) is 5.39. The summed E-state index contributed by atoms with van der Waals surface area (Å²) in [7, 11) is 0. The first-order chi connectivity index (χ1) is 13.4. The summed E-state index contributed by atoms with van der Waals surface area (Å²) >= 11 is 0.927. The highest BCUT2D eigenvalue weighted by molar-refractivity contribution is 8.18. The van der Waals surface area contributed by atoms with Gasteiger partial charge in [0.2, 0.25) is 5.91 Å². The summed E-state index contributed by atoms with van der Waals surface area (Å²) < 4.78 is 0. The highest BCUT2D eigenvalue weighted by Crippen LogP contribution is 2.31. The molecule has 144 valence electrons. The lowest BCUT2D eigenvalue weighted by atomic mass is 10.0. The van der Waals surface area contributed by atoms with Crippen LogP contribution < -0.4 is 5.32 Å². The topological polar surface area (TPSA) is 66.5 Å². The third kappa shape index (κ3) is 4.89. The zero-order valence-electron chi connectivity index (χ0n) is 15.9. The minimum absolute atomic E-state index is 0.125. The fourth-order valence-corrected chi connectivity index (χ4v) is 3.79. The number of aryl methyl sites for hydroxylation is 2. The molecule has 2 aromatic carbocycles. The number of carbonyl (C=O) groups is 3. The molecule has 2 aromatic rings. The number of thioether (sulfide) groups is 1. The van der Waals surface area contributed by atoms with Crippen LogP contribution in [0.5, 0.6) is 0 Å². The molecule has 5 nitrogen and oxygen atoms in total. The van der Waals surface area contributed by atoms with Crippen LogP contribution in [0.25, 0.3) is 6.08 Å². The summed E-state index contributed by atoms with van der Waals surface area (Å²) in [6.45, 7) is 4.36. The number of benzene rings is 2. The molecule has 0 bridgehead atoms. The number of amides is 3. The summed E-state index contributed by atoms with van der Waals surface area (Å²) in [6, 6.07) is 15.4. The maximum Gasteiger partial charge on any atom is 0.293 e. The fraction of sp³-hybridized carbons (Fsp3) is 0.227. The van der Waals surface area contributed by atoms with E-state index in [9.17, 15) is 14.4 Å². The molecule has 28 heavy (non-hydrogen) atoms. The number of imide groups is 1. The molecule has 3 amide bonds. The third-order valence-electron chi connectivity index (χ3n) is 4.48. The van der Waals surface area contributed by atoms with E-state index >= 15 is 0 Å². The zero-order valence-corrected chi connectivity index (χ0v) is 16.7. The monoisotopic (exact) mass is 394 g/mol. The molecular formula is C22H22N2O3S. The Labute approximate surface area is 168 Å². The second-order valence-corrected chi connectivity index (χ2v) is 7.69. The Morgan fingerprint density at radius 1 is 1.11 bits per heavy atom. The van der Waals surface area contributed by atoms with Crippen LogP contribution in [0.2, 0.25) is 0 Å². The number of nitrogens with one attached hydrogen (secondary N) is 1. The van der Waals surface area contributed by atoms with E-state index in [4.69, 9.17) is 0 Å². The highest BCUT2D eigenvalue weighted by Gasteiger charge is 2.34. The van der Waals surface area contributed by atoms with Gasteiger partial charge in [-0.25, -0.2) is 0 Å². The van der Waals surface area contributed by atoms with Gasteiger partial charge in [0, 0.05) is 13.1 Å². The van der Waals surface area contributed by atoms with Crippen molar-refractivity contribution < 1.29 is 14.4 Å². The minimum Gasteiger partial charge on any atom is -0.354 e. The van der Waals surface area contributed by atoms with Crippen LogP contribution >= 0.6 is 11.8 Å². The molecule has 0 aliphatic carbocycles. The number of hydrogen-bond acceptors (Lipinski definition) is 4. The lowest BCUT2D eigenvalue weighted by Gasteiger charge is -2.13. The fourth-order valence-electron chi connectivity index (χ4n) is 2.93. The van der Waals surface area contributed by atoms with Crippen LogP contribution in [0, 0.1) is 13.8 Å². The van der Waals surface area contributed by atoms with E-state index in [0.717, 1.165) is 34.0 Å². The van der Waals surface area contributed by atoms with Gasteiger partial charge in [0.05, 0.1) is 11.3 Å².